The van der Waals surface area contributed by atoms with Crippen LogP contribution in [-0.4, -0.2) is 83.3 Å². The van der Waals surface area contributed by atoms with E-state index in [-0.39, 0.29) is 36.4 Å². The second-order valence-corrected chi connectivity index (χ2v) is 16.2. The number of carbonyl (C=O) groups excluding carboxylic acids is 5. The summed E-state index contributed by atoms with van der Waals surface area (Å²) in [7, 11) is -2.13. The minimum absolute atomic E-state index is 0.0507. The lowest BCUT2D eigenvalue weighted by Crippen LogP contribution is -2.77. The number of rotatable bonds is 6. The van der Waals surface area contributed by atoms with E-state index < -0.39 is 37.5 Å². The van der Waals surface area contributed by atoms with E-state index in [1.807, 2.05) is 4.57 Å². The molecule has 0 saturated carbocycles. The lowest BCUT2D eigenvalue weighted by molar-refractivity contribution is -0.153. The lowest BCUT2D eigenvalue weighted by atomic mass is 10.1. The molecule has 2 aliphatic rings. The Bertz CT molecular complexity index is 1090. The van der Waals surface area contributed by atoms with Gasteiger partial charge in [0.25, 0.3) is 0 Å². The number of para-hydroxylation sites is 1. The maximum atomic E-state index is 12.9. The molecule has 2 atom stereocenters. The van der Waals surface area contributed by atoms with Crippen molar-refractivity contribution in [3.05, 3.63) is 29.8 Å². The monoisotopic (exact) mass is 533 g/mol. The number of urea groups is 1. The molecular weight excluding hydrogens is 498 g/mol. The summed E-state index contributed by atoms with van der Waals surface area (Å²) in [6, 6.07) is 5.27. The fraction of sp³-hybridized carbons (Fsp3) is 0.542. The highest BCUT2D eigenvalue weighted by molar-refractivity contribution is 7.81. The Hall–Kier alpha value is -2.86. The minimum Gasteiger partial charge on any atom is -0.354 e. The van der Waals surface area contributed by atoms with Crippen molar-refractivity contribution in [3.63, 3.8) is 0 Å². The van der Waals surface area contributed by atoms with Crippen molar-refractivity contribution in [1.82, 2.24) is 19.7 Å². The van der Waals surface area contributed by atoms with Gasteiger partial charge in [-0.15, -0.1) is 0 Å². The highest BCUT2D eigenvalue weighted by atomic mass is 32.1. The number of nitrogens with one attached hydrogen (secondary N) is 2. The van der Waals surface area contributed by atoms with Crippen LogP contribution >= 0.6 is 12.6 Å². The van der Waals surface area contributed by atoms with Gasteiger partial charge >= 0.3 is 17.8 Å². The van der Waals surface area contributed by atoms with Gasteiger partial charge in [0.2, 0.25) is 11.8 Å². The summed E-state index contributed by atoms with van der Waals surface area (Å²) in [4.78, 5) is 65.2. The van der Waals surface area contributed by atoms with Crippen LogP contribution in [0.5, 0.6) is 0 Å². The second-order valence-electron chi connectivity index (χ2n) is 10.6. The predicted molar refractivity (Wildman–Crippen MR) is 142 cm³/mol. The largest absolute Gasteiger partial charge is 0.354 e. The first-order valence-corrected chi connectivity index (χ1v) is 15.5. The first-order chi connectivity index (χ1) is 16.7. The number of amides is 6. The fourth-order valence-electron chi connectivity index (χ4n) is 4.13. The number of nitrogens with zero attached hydrogens (tertiary/aromatic N) is 3. The molecule has 1 aromatic carbocycles. The molecule has 2 aliphatic heterocycles. The number of anilines is 1. The van der Waals surface area contributed by atoms with E-state index >= 15 is 0 Å². The van der Waals surface area contributed by atoms with Crippen LogP contribution in [0.15, 0.2) is 24.3 Å². The summed E-state index contributed by atoms with van der Waals surface area (Å²) >= 11 is 4.61. The van der Waals surface area contributed by atoms with Crippen LogP contribution in [0.1, 0.15) is 33.3 Å². The molecule has 0 unspecified atom stereocenters. The third-order valence-electron chi connectivity index (χ3n) is 7.37. The maximum absolute atomic E-state index is 12.9. The average Bonchev–Trinajstić information content (AvgIpc) is 2.79. The van der Waals surface area contributed by atoms with E-state index in [0.717, 1.165) is 4.90 Å². The van der Waals surface area contributed by atoms with E-state index in [9.17, 15) is 24.0 Å². The molecule has 196 valence electrons. The fourth-order valence-corrected chi connectivity index (χ4v) is 7.53. The smallest absolute Gasteiger partial charge is 0.329 e. The zero-order chi connectivity index (χ0) is 27.0. The molecule has 2 heterocycles. The quantitative estimate of drug-likeness (QED) is 0.224. The number of β-lactam (4-membered cyclic amide) rings is 1. The summed E-state index contributed by atoms with van der Waals surface area (Å²) in [5, 5.41) is 4.97. The van der Waals surface area contributed by atoms with Crippen molar-refractivity contribution in [2.75, 3.05) is 25.0 Å². The van der Waals surface area contributed by atoms with Gasteiger partial charge in [-0.05, 0) is 23.6 Å². The van der Waals surface area contributed by atoms with E-state index in [4.69, 9.17) is 0 Å². The zero-order valence-electron chi connectivity index (χ0n) is 21.6. The number of hydrogen-bond acceptors (Lipinski definition) is 6. The van der Waals surface area contributed by atoms with E-state index in [0.29, 0.717) is 17.8 Å². The van der Waals surface area contributed by atoms with Crippen molar-refractivity contribution in [3.8, 4) is 0 Å². The van der Waals surface area contributed by atoms with Gasteiger partial charge in [0.15, 0.2) is 8.24 Å². The van der Waals surface area contributed by atoms with Crippen molar-refractivity contribution in [2.45, 2.75) is 63.7 Å². The van der Waals surface area contributed by atoms with E-state index in [2.05, 4.69) is 57.1 Å². The molecule has 0 aliphatic carbocycles. The Morgan fingerprint density at radius 3 is 2.31 bits per heavy atom. The number of imide groups is 1. The van der Waals surface area contributed by atoms with Crippen LogP contribution in [0.25, 0.3) is 0 Å². The van der Waals surface area contributed by atoms with Gasteiger partial charge in [-0.1, -0.05) is 52.1 Å². The Labute approximate surface area is 218 Å². The normalized spacial score (nSPS) is 20.9. The van der Waals surface area contributed by atoms with Gasteiger partial charge in [0.05, 0.1) is 11.8 Å². The van der Waals surface area contributed by atoms with Gasteiger partial charge in [-0.25, -0.2) is 4.79 Å². The predicted octanol–water partition coefficient (Wildman–Crippen LogP) is 2.04. The first-order valence-electron chi connectivity index (χ1n) is 12.0. The third kappa shape index (κ3) is 5.15. The molecule has 0 aromatic heterocycles. The van der Waals surface area contributed by atoms with Crippen molar-refractivity contribution in [2.24, 2.45) is 0 Å². The number of thiol groups is 1. The average molecular weight is 534 g/mol. The third-order valence-corrected chi connectivity index (χ3v) is 13.5. The van der Waals surface area contributed by atoms with Gasteiger partial charge in [-0.2, -0.15) is 12.6 Å². The molecule has 1 aromatic rings. The van der Waals surface area contributed by atoms with Crippen LogP contribution in [0.3, 0.4) is 0 Å². The Kier molecular flexibility index (Phi) is 7.89. The van der Waals surface area contributed by atoms with Crippen LogP contribution in [-0.2, 0) is 25.6 Å². The maximum Gasteiger partial charge on any atom is 0.329 e. The van der Waals surface area contributed by atoms with Crippen LogP contribution < -0.4 is 10.6 Å². The highest BCUT2D eigenvalue weighted by Crippen LogP contribution is 2.43. The topological polar surface area (TPSA) is 119 Å². The first kappa shape index (κ1) is 27.7. The summed E-state index contributed by atoms with van der Waals surface area (Å²) < 4.78 is 1.83. The molecule has 2 fully saturated rings. The number of carbonyl (C=O) groups is 5. The number of benzene rings is 1. The molecule has 12 heteroatoms. The van der Waals surface area contributed by atoms with E-state index in [1.54, 1.807) is 31.2 Å². The summed E-state index contributed by atoms with van der Waals surface area (Å²) in [6.07, 6.45) is -0.0860. The summed E-state index contributed by atoms with van der Waals surface area (Å²) in [5.41, 5.74) is 0.860. The van der Waals surface area contributed by atoms with Gasteiger partial charge in [0, 0.05) is 25.3 Å². The standard InChI is InChI=1S/C24H35N5O5SSi/c1-7-27-12-13-28(21(33)20(27)32)23(34)25-16-11-9-8-10-15(16)14-17(30)26-18-19(31)29(22(18)35)36(5,6)24(2,3)4/h8-11,18,22,35H,7,12-14H2,1-6H3,(H,25,34)(H,26,30)/t18-,22-/m1/s1. The number of hydrogen-bond donors (Lipinski definition) is 3. The Balaban J connectivity index is 1.64. The molecular formula is C24H35N5O5SSi. The number of piperazine rings is 1. The van der Waals surface area contributed by atoms with Crippen molar-refractivity contribution < 1.29 is 24.0 Å². The van der Waals surface area contributed by atoms with Crippen LogP contribution in [0.2, 0.25) is 18.1 Å². The summed E-state index contributed by atoms with van der Waals surface area (Å²) in [6.45, 7) is 13.1. The molecule has 6 amide bonds. The van der Waals surface area contributed by atoms with Crippen LogP contribution in [0, 0.1) is 0 Å². The molecule has 0 spiro atoms. The second kappa shape index (κ2) is 10.2. The molecule has 2 N–H and O–H groups in total. The minimum atomic E-state index is -2.13. The highest BCUT2D eigenvalue weighted by Gasteiger charge is 2.56. The molecule has 3 rings (SSSR count). The summed E-state index contributed by atoms with van der Waals surface area (Å²) in [5.74, 6) is -2.12. The zero-order valence-corrected chi connectivity index (χ0v) is 23.5. The SMILES string of the molecule is CCN1CCN(C(=O)Nc2ccccc2CC(=O)N[C@@H]2C(=O)N([Si](C)(C)C(C)(C)C)[C@@H]2S)C(=O)C1=O. The molecule has 0 radical (unpaired) electrons. The van der Waals surface area contributed by atoms with Gasteiger partial charge in [-0.3, -0.25) is 24.1 Å². The van der Waals surface area contributed by atoms with Crippen molar-refractivity contribution >= 4 is 56.2 Å². The Morgan fingerprint density at radius 2 is 1.72 bits per heavy atom. The molecule has 0 bridgehead atoms. The van der Waals surface area contributed by atoms with E-state index in [1.165, 1.54) is 4.90 Å². The van der Waals surface area contributed by atoms with Gasteiger partial charge in [0.1, 0.15) is 6.04 Å². The van der Waals surface area contributed by atoms with Gasteiger partial charge < -0.3 is 20.1 Å². The lowest BCUT2D eigenvalue weighted by Gasteiger charge is -2.56. The Morgan fingerprint density at radius 1 is 1.08 bits per heavy atom. The molecule has 36 heavy (non-hydrogen) atoms. The number of likely N-dealkylation sites (N-methyl/N-ethyl adjacent to an activating group) is 1. The molecule has 2 saturated heterocycles. The van der Waals surface area contributed by atoms with Crippen molar-refractivity contribution in [1.29, 1.82) is 0 Å². The molecule has 10 nitrogen and oxygen atoms in total. The van der Waals surface area contributed by atoms with Crippen LogP contribution in [0.4, 0.5) is 10.5 Å².